The lowest BCUT2D eigenvalue weighted by atomic mass is 9.99. The molecule has 12 atom stereocenters. The smallest absolute Gasteiger partial charge is 0.326 e. The summed E-state index contributed by atoms with van der Waals surface area (Å²) >= 11 is 0. The Bertz CT molecular complexity index is 2990. The van der Waals surface area contributed by atoms with Gasteiger partial charge in [0.05, 0.1) is 24.6 Å². The first-order valence-corrected chi connectivity index (χ1v) is 30.9. The van der Waals surface area contributed by atoms with Gasteiger partial charge in [0.2, 0.25) is 47.3 Å². The van der Waals surface area contributed by atoms with Crippen molar-refractivity contribution in [3.05, 3.63) is 71.8 Å². The molecular weight excluding hydrogens is 1160 g/mol. The van der Waals surface area contributed by atoms with E-state index in [9.17, 15) is 53.5 Å². The van der Waals surface area contributed by atoms with E-state index in [1.54, 1.807) is 102 Å². The summed E-state index contributed by atoms with van der Waals surface area (Å²) in [6.07, 6.45) is -0.349. The summed E-state index contributed by atoms with van der Waals surface area (Å²) in [6.45, 7) is 14.7. The first-order valence-electron chi connectivity index (χ1n) is 30.9. The third-order valence-corrected chi connectivity index (χ3v) is 17.3. The fourth-order valence-electron chi connectivity index (χ4n) is 11.3. The molecule has 5 rings (SSSR count). The Morgan fingerprint density at radius 2 is 1.08 bits per heavy atom. The molecule has 3 heterocycles. The number of rotatable bonds is 11. The monoisotopic (exact) mass is 1250 g/mol. The Balaban J connectivity index is 1.65. The number of nitrogens with one attached hydrogen (secondary N) is 4. The lowest BCUT2D eigenvalue weighted by Gasteiger charge is -2.36. The highest BCUT2D eigenvalue weighted by Crippen LogP contribution is 2.45. The van der Waals surface area contributed by atoms with Crippen molar-refractivity contribution in [2.75, 3.05) is 55.4 Å². The summed E-state index contributed by atoms with van der Waals surface area (Å²) < 4.78 is 0. The van der Waals surface area contributed by atoms with Gasteiger partial charge in [-0.2, -0.15) is 5.26 Å². The molecule has 3 saturated heterocycles. The molecule has 0 saturated carbocycles. The molecule has 5 unspecified atom stereocenters. The van der Waals surface area contributed by atoms with Gasteiger partial charge in [-0.3, -0.25) is 57.6 Å². The number of aliphatic hydroxyl groups excluding tert-OH is 1. The molecule has 5 N–H and O–H groups in total. The number of aliphatic hydroxyl groups is 1. The Labute approximate surface area is 528 Å². The average molecular weight is 1250 g/mol. The minimum absolute atomic E-state index is 0.0198. The number of amides is 13. The lowest BCUT2D eigenvalue weighted by Crippen LogP contribution is -2.65. The fourth-order valence-corrected chi connectivity index (χ4v) is 11.3. The van der Waals surface area contributed by atoms with E-state index in [2.05, 4.69) is 21.3 Å². The molecule has 2 aromatic carbocycles. The normalized spacial score (nSPS) is 27.2. The second-order valence-corrected chi connectivity index (χ2v) is 25.2. The van der Waals surface area contributed by atoms with Crippen LogP contribution in [0.3, 0.4) is 0 Å². The SMILES string of the molecule is CC(C)CC1C(=O)N[C@@H](CC#N)C(=O)N(C)C(Cc2ccccc2)C(=O)N2C(c3ccccc3)[C@H]2C(=O)N(C)[C@@H](CC(C)C)C(=O)N(C)C(=O)N(C)C(C)C(=O)N[C@@H]([C@@H](C)O)C(=O)NC(C(=O)N2CCCCC2)C(=O)N[C@H](C(C)C)C(=O)N(C)[C@@H](C)C(=O)N1C. The van der Waals surface area contributed by atoms with Gasteiger partial charge in [0.1, 0.15) is 54.4 Å². The van der Waals surface area contributed by atoms with E-state index < -0.39 is 156 Å². The molecule has 3 fully saturated rings. The number of nitriles is 1. The van der Waals surface area contributed by atoms with Gasteiger partial charge in [-0.15, -0.1) is 0 Å². The quantitative estimate of drug-likeness (QED) is 0.157. The number of carbonyl (C=O) groups is 12. The van der Waals surface area contributed by atoms with Crippen molar-refractivity contribution >= 4 is 71.0 Å². The number of nitrogens with zero attached hydrogens (tertiary/aromatic N) is 9. The highest BCUT2D eigenvalue weighted by atomic mass is 16.3. The molecule has 0 aliphatic carbocycles. The zero-order chi connectivity index (χ0) is 67.3. The van der Waals surface area contributed by atoms with Gasteiger partial charge in [-0.1, -0.05) is 102 Å². The van der Waals surface area contributed by atoms with Crippen LogP contribution in [0.4, 0.5) is 4.79 Å². The highest BCUT2D eigenvalue weighted by molar-refractivity contribution is 6.09. The van der Waals surface area contributed by atoms with Crippen LogP contribution in [0.1, 0.15) is 118 Å². The molecule has 3 aliphatic rings. The zero-order valence-corrected chi connectivity index (χ0v) is 54.7. The summed E-state index contributed by atoms with van der Waals surface area (Å²) in [5.41, 5.74) is 1.16. The van der Waals surface area contributed by atoms with Crippen molar-refractivity contribution < 1.29 is 62.6 Å². The van der Waals surface area contributed by atoms with Crippen molar-refractivity contribution in [3.63, 3.8) is 0 Å². The molecule has 26 nitrogen and oxygen atoms in total. The first-order chi connectivity index (χ1) is 42.3. The van der Waals surface area contributed by atoms with E-state index in [4.69, 9.17) is 0 Å². The molecule has 0 bridgehead atoms. The van der Waals surface area contributed by atoms with Crippen LogP contribution in [0.5, 0.6) is 0 Å². The van der Waals surface area contributed by atoms with Gasteiger partial charge in [-0.25, -0.2) is 4.79 Å². The van der Waals surface area contributed by atoms with Gasteiger partial charge >= 0.3 is 6.03 Å². The van der Waals surface area contributed by atoms with Crippen molar-refractivity contribution in [2.24, 2.45) is 17.8 Å². The Kier molecular flexibility index (Phi) is 25.5. The first kappa shape index (κ1) is 72.3. The third kappa shape index (κ3) is 17.3. The van der Waals surface area contributed by atoms with E-state index in [0.29, 0.717) is 24.0 Å². The molecule has 13 amide bonds. The van der Waals surface area contributed by atoms with Crippen LogP contribution in [0.15, 0.2) is 60.7 Å². The Morgan fingerprint density at radius 3 is 1.62 bits per heavy atom. The molecule has 26 heteroatoms. The second-order valence-electron chi connectivity index (χ2n) is 25.2. The summed E-state index contributed by atoms with van der Waals surface area (Å²) in [5.74, 6) is -10.8. The van der Waals surface area contributed by atoms with E-state index in [-0.39, 0.29) is 44.2 Å². The van der Waals surface area contributed by atoms with Crippen LogP contribution >= 0.6 is 0 Å². The number of piperidine rings is 1. The van der Waals surface area contributed by atoms with Gasteiger partial charge < -0.3 is 60.7 Å². The standard InChI is InChI=1S/C64H93N13O13/c1-36(2)33-45-54(80)66-44(29-30-65)58(84)73(13)47(35-42-25-19-16-20-26-42)60(86)77-51(43-27-21-17-22-28-43)52(77)63(89)74(14)46(34-37(3)4)59(85)75(15)64(90)71(11)39(7)53(79)68-49(41(9)78)55(81)69-50(62(88)76-31-23-18-24-32-76)56(82)67-48(38(5)6)61(87)70(10)40(8)57(83)72(45)12/h16-17,19-22,25-28,36-41,44-52,78H,18,23-24,29,31-35H2,1-15H3,(H,66,80)(H,67,82)(H,68,79)(H,69,81)/t39?,40-,41+,44-,45?,46-,47?,48+,49-,50?,51?,52-,77?/m0/s1. The lowest BCUT2D eigenvalue weighted by molar-refractivity contribution is -0.150. The van der Waals surface area contributed by atoms with Gasteiger partial charge in [0.25, 0.3) is 17.7 Å². The number of carbonyl (C=O) groups excluding carboxylic acids is 12. The predicted octanol–water partition coefficient (Wildman–Crippen LogP) is 1.42. The number of likely N-dealkylation sites (N-methyl/N-ethyl adjacent to an activating group) is 6. The minimum atomic E-state index is -2.02. The van der Waals surface area contributed by atoms with Crippen molar-refractivity contribution in [2.45, 2.75) is 180 Å². The maximum atomic E-state index is 15.5. The van der Waals surface area contributed by atoms with E-state index in [0.717, 1.165) is 30.9 Å². The maximum absolute atomic E-state index is 15.5. The van der Waals surface area contributed by atoms with Gasteiger partial charge in [0, 0.05) is 61.8 Å². The molecule has 2 aromatic rings. The number of imide groups is 1. The molecular formula is C64H93N13O13. The Hall–Kier alpha value is -8.47. The number of urea groups is 1. The molecule has 0 aromatic heterocycles. The molecule has 492 valence electrons. The average Bonchev–Trinajstić information content (AvgIpc) is 1.57. The number of hydrogen-bond acceptors (Lipinski definition) is 14. The fraction of sp³-hybridized carbons (Fsp3) is 0.609. The summed E-state index contributed by atoms with van der Waals surface area (Å²) in [6, 6.07) is 2.47. The van der Waals surface area contributed by atoms with Crippen molar-refractivity contribution in [3.8, 4) is 6.07 Å². The van der Waals surface area contributed by atoms with Crippen LogP contribution in [0.25, 0.3) is 0 Å². The zero-order valence-electron chi connectivity index (χ0n) is 54.7. The molecule has 0 spiro atoms. The van der Waals surface area contributed by atoms with Gasteiger partial charge in [0.15, 0.2) is 6.04 Å². The maximum Gasteiger partial charge on any atom is 0.326 e. The summed E-state index contributed by atoms with van der Waals surface area (Å²) in [7, 11) is 7.77. The van der Waals surface area contributed by atoms with Crippen molar-refractivity contribution in [1.82, 2.24) is 60.5 Å². The number of likely N-dealkylation sites (tertiary alicyclic amines) is 1. The van der Waals surface area contributed by atoms with Crippen LogP contribution in [-0.4, -0.2) is 237 Å². The molecule has 3 aliphatic heterocycles. The van der Waals surface area contributed by atoms with Crippen LogP contribution in [0, 0.1) is 29.1 Å². The largest absolute Gasteiger partial charge is 0.391 e. The summed E-state index contributed by atoms with van der Waals surface area (Å²) in [5, 5.41) is 31.3. The van der Waals surface area contributed by atoms with E-state index in [1.807, 2.05) is 6.07 Å². The predicted molar refractivity (Wildman–Crippen MR) is 331 cm³/mol. The van der Waals surface area contributed by atoms with E-state index >= 15 is 14.4 Å². The van der Waals surface area contributed by atoms with Crippen molar-refractivity contribution in [1.29, 1.82) is 5.26 Å². The summed E-state index contributed by atoms with van der Waals surface area (Å²) in [4.78, 5) is 185. The molecule has 90 heavy (non-hydrogen) atoms. The number of fused-ring (bicyclic) bond motifs is 1. The van der Waals surface area contributed by atoms with Gasteiger partial charge in [-0.05, 0) is 81.8 Å². The second kappa shape index (κ2) is 31.8. The van der Waals surface area contributed by atoms with E-state index in [1.165, 1.54) is 77.8 Å². The van der Waals surface area contributed by atoms with Crippen LogP contribution in [-0.2, 0) is 59.2 Å². The minimum Gasteiger partial charge on any atom is -0.391 e. The topological polar surface area (TPSA) is 323 Å². The van der Waals surface area contributed by atoms with Crippen LogP contribution in [0.2, 0.25) is 0 Å². The molecule has 0 radical (unpaired) electrons. The number of hydrogen-bond donors (Lipinski definition) is 5. The Morgan fingerprint density at radius 1 is 0.544 bits per heavy atom. The van der Waals surface area contributed by atoms with Crippen LogP contribution < -0.4 is 21.3 Å². The number of benzene rings is 2. The highest BCUT2D eigenvalue weighted by Gasteiger charge is 2.60. The third-order valence-electron chi connectivity index (χ3n) is 17.3.